The predicted octanol–water partition coefficient (Wildman–Crippen LogP) is 2.33. The van der Waals surface area contributed by atoms with Gasteiger partial charge in [0.25, 0.3) is 0 Å². The Morgan fingerprint density at radius 3 is 2.93 bits per heavy atom. The van der Waals surface area contributed by atoms with Crippen LogP contribution in [-0.4, -0.2) is 27.7 Å². The van der Waals surface area contributed by atoms with Crippen molar-refractivity contribution in [3.05, 3.63) is 22.3 Å². The van der Waals surface area contributed by atoms with Crippen LogP contribution >= 0.6 is 15.9 Å². The molecule has 1 aromatic heterocycles. The summed E-state index contributed by atoms with van der Waals surface area (Å²) in [4.78, 5) is 4.26. The molecule has 1 unspecified atom stereocenters. The van der Waals surface area contributed by atoms with E-state index in [0.717, 1.165) is 34.6 Å². The van der Waals surface area contributed by atoms with Gasteiger partial charge in [0.1, 0.15) is 5.82 Å². The van der Waals surface area contributed by atoms with Crippen molar-refractivity contribution in [2.75, 3.05) is 23.9 Å². The highest BCUT2D eigenvalue weighted by atomic mass is 79.9. The molecule has 3 nitrogen and oxygen atoms in total. The lowest BCUT2D eigenvalue weighted by atomic mass is 10.3. The molecule has 1 heterocycles. The Balaban J connectivity index is 2.40. The molecule has 0 aromatic carbocycles. The molecule has 0 aliphatic carbocycles. The van der Waals surface area contributed by atoms with E-state index in [9.17, 15) is 4.21 Å². The number of halogens is 1. The molecular formula is C10H15BrN2OS. The second-order valence-corrected chi connectivity index (χ2v) is 5.85. The summed E-state index contributed by atoms with van der Waals surface area (Å²) >= 11 is 3.37. The summed E-state index contributed by atoms with van der Waals surface area (Å²) in [7, 11) is -0.700. The molecular weight excluding hydrogens is 276 g/mol. The monoisotopic (exact) mass is 290 g/mol. The van der Waals surface area contributed by atoms with Crippen molar-refractivity contribution in [3.8, 4) is 0 Å². The van der Waals surface area contributed by atoms with E-state index in [1.165, 1.54) is 0 Å². The highest BCUT2D eigenvalue weighted by molar-refractivity contribution is 9.10. The van der Waals surface area contributed by atoms with Gasteiger partial charge in [-0.2, -0.15) is 0 Å². The zero-order valence-electron chi connectivity index (χ0n) is 8.92. The third kappa shape index (κ3) is 4.75. The number of aryl methyl sites for hydroxylation is 1. The van der Waals surface area contributed by atoms with E-state index in [2.05, 4.69) is 26.2 Å². The van der Waals surface area contributed by atoms with Gasteiger partial charge >= 0.3 is 0 Å². The van der Waals surface area contributed by atoms with Gasteiger partial charge in [0.2, 0.25) is 0 Å². The van der Waals surface area contributed by atoms with Crippen molar-refractivity contribution in [2.45, 2.75) is 13.3 Å². The van der Waals surface area contributed by atoms with Crippen LogP contribution in [0.5, 0.6) is 0 Å². The minimum atomic E-state index is -0.700. The van der Waals surface area contributed by atoms with Gasteiger partial charge in [0.15, 0.2) is 0 Å². The quantitative estimate of drug-likeness (QED) is 0.847. The van der Waals surface area contributed by atoms with Crippen LogP contribution in [0.15, 0.2) is 16.7 Å². The number of aromatic nitrogens is 1. The van der Waals surface area contributed by atoms with Crippen LogP contribution in [0.3, 0.4) is 0 Å². The maximum absolute atomic E-state index is 10.8. The van der Waals surface area contributed by atoms with E-state index in [4.69, 9.17) is 0 Å². The van der Waals surface area contributed by atoms with Crippen molar-refractivity contribution in [1.29, 1.82) is 0 Å². The Kier molecular flexibility index (Phi) is 5.25. The second-order valence-electron chi connectivity index (χ2n) is 3.38. The fourth-order valence-electron chi connectivity index (χ4n) is 1.21. The SMILES string of the molecule is Cc1cc(Br)cnc1NCCCS(C)=O. The van der Waals surface area contributed by atoms with Gasteiger partial charge in [-0.1, -0.05) is 0 Å². The molecule has 0 saturated heterocycles. The molecule has 5 heteroatoms. The Bertz CT molecular complexity index is 357. The van der Waals surface area contributed by atoms with E-state index in [1.807, 2.05) is 13.0 Å². The fraction of sp³-hybridized carbons (Fsp3) is 0.500. The Morgan fingerprint density at radius 2 is 2.33 bits per heavy atom. The lowest BCUT2D eigenvalue weighted by Crippen LogP contribution is -2.08. The molecule has 0 aliphatic heterocycles. The van der Waals surface area contributed by atoms with Gasteiger partial charge in [-0.25, -0.2) is 4.98 Å². The number of pyridine rings is 1. The molecule has 84 valence electrons. The highest BCUT2D eigenvalue weighted by Crippen LogP contribution is 2.16. The summed E-state index contributed by atoms with van der Waals surface area (Å²) in [5.41, 5.74) is 1.11. The molecule has 1 aromatic rings. The molecule has 0 aliphatic rings. The Labute approximate surface area is 101 Å². The van der Waals surface area contributed by atoms with Crippen LogP contribution in [0, 0.1) is 6.92 Å². The lowest BCUT2D eigenvalue weighted by molar-refractivity contribution is 0.685. The molecule has 1 rings (SSSR count). The van der Waals surface area contributed by atoms with Gasteiger partial charge in [-0.15, -0.1) is 0 Å². The smallest absolute Gasteiger partial charge is 0.128 e. The average Bonchev–Trinajstić information content (AvgIpc) is 2.14. The van der Waals surface area contributed by atoms with Crippen molar-refractivity contribution in [1.82, 2.24) is 4.98 Å². The van der Waals surface area contributed by atoms with E-state index in [-0.39, 0.29) is 0 Å². The van der Waals surface area contributed by atoms with Crippen LogP contribution < -0.4 is 5.32 Å². The van der Waals surface area contributed by atoms with E-state index >= 15 is 0 Å². The van der Waals surface area contributed by atoms with Crippen LogP contribution in [0.4, 0.5) is 5.82 Å². The lowest BCUT2D eigenvalue weighted by Gasteiger charge is -2.07. The molecule has 0 saturated carbocycles. The van der Waals surface area contributed by atoms with E-state index < -0.39 is 10.8 Å². The topological polar surface area (TPSA) is 42.0 Å². The van der Waals surface area contributed by atoms with Crippen molar-refractivity contribution < 1.29 is 4.21 Å². The largest absolute Gasteiger partial charge is 0.370 e. The van der Waals surface area contributed by atoms with Gasteiger partial charge in [0, 0.05) is 40.0 Å². The number of anilines is 1. The molecule has 0 spiro atoms. The van der Waals surface area contributed by atoms with Crippen LogP contribution in [0.25, 0.3) is 0 Å². The summed E-state index contributed by atoms with van der Waals surface area (Å²) < 4.78 is 11.8. The van der Waals surface area contributed by atoms with Gasteiger partial charge in [-0.3, -0.25) is 4.21 Å². The first-order valence-corrected chi connectivity index (χ1v) is 7.27. The summed E-state index contributed by atoms with van der Waals surface area (Å²) in [6, 6.07) is 2.02. The summed E-state index contributed by atoms with van der Waals surface area (Å²) in [5.74, 6) is 1.64. The summed E-state index contributed by atoms with van der Waals surface area (Å²) in [5, 5.41) is 3.23. The molecule has 1 atom stereocenters. The summed E-state index contributed by atoms with van der Waals surface area (Å²) in [6.07, 6.45) is 4.40. The standard InChI is InChI=1S/C10H15BrN2OS/c1-8-6-9(11)7-13-10(8)12-4-3-5-15(2)14/h6-7H,3-5H2,1-2H3,(H,12,13). The van der Waals surface area contributed by atoms with Crippen LogP contribution in [0.1, 0.15) is 12.0 Å². The number of nitrogens with one attached hydrogen (secondary N) is 1. The molecule has 0 amide bonds. The molecule has 0 radical (unpaired) electrons. The minimum Gasteiger partial charge on any atom is -0.370 e. The Morgan fingerprint density at radius 1 is 1.60 bits per heavy atom. The van der Waals surface area contributed by atoms with Crippen LogP contribution in [0.2, 0.25) is 0 Å². The van der Waals surface area contributed by atoms with Crippen molar-refractivity contribution in [3.63, 3.8) is 0 Å². The fourth-order valence-corrected chi connectivity index (χ4v) is 2.20. The molecule has 1 N–H and O–H groups in total. The Hall–Kier alpha value is -0.420. The van der Waals surface area contributed by atoms with E-state index in [0.29, 0.717) is 0 Å². The first kappa shape index (κ1) is 12.6. The minimum absolute atomic E-state index is 0.700. The number of hydrogen-bond donors (Lipinski definition) is 1. The van der Waals surface area contributed by atoms with E-state index in [1.54, 1.807) is 12.5 Å². The maximum atomic E-state index is 10.8. The van der Waals surface area contributed by atoms with Crippen molar-refractivity contribution in [2.24, 2.45) is 0 Å². The molecule has 15 heavy (non-hydrogen) atoms. The van der Waals surface area contributed by atoms with Gasteiger partial charge in [-0.05, 0) is 40.9 Å². The van der Waals surface area contributed by atoms with Gasteiger partial charge in [0.05, 0.1) is 0 Å². The zero-order chi connectivity index (χ0) is 11.3. The maximum Gasteiger partial charge on any atom is 0.128 e. The first-order valence-electron chi connectivity index (χ1n) is 4.75. The second kappa shape index (κ2) is 6.23. The van der Waals surface area contributed by atoms with Crippen LogP contribution in [-0.2, 0) is 10.8 Å². The highest BCUT2D eigenvalue weighted by Gasteiger charge is 1.99. The van der Waals surface area contributed by atoms with Gasteiger partial charge < -0.3 is 5.32 Å². The first-order chi connectivity index (χ1) is 7.09. The summed E-state index contributed by atoms with van der Waals surface area (Å²) in [6.45, 7) is 2.83. The average molecular weight is 291 g/mol. The predicted molar refractivity (Wildman–Crippen MR) is 68.7 cm³/mol. The molecule has 0 bridgehead atoms. The third-order valence-corrected chi connectivity index (χ3v) is 3.24. The number of nitrogens with zero attached hydrogens (tertiary/aromatic N) is 1. The number of rotatable bonds is 5. The third-order valence-electron chi connectivity index (χ3n) is 1.95. The normalized spacial score (nSPS) is 12.5. The van der Waals surface area contributed by atoms with Crippen molar-refractivity contribution >= 4 is 32.5 Å². The molecule has 0 fully saturated rings. The number of hydrogen-bond acceptors (Lipinski definition) is 3. The zero-order valence-corrected chi connectivity index (χ0v) is 11.3.